The molecular weight excluding hydrogens is 212 g/mol. The first-order chi connectivity index (χ1) is 8.27. The van der Waals surface area contributed by atoms with Crippen LogP contribution in [0.1, 0.15) is 57.8 Å². The summed E-state index contributed by atoms with van der Waals surface area (Å²) in [5.74, 6) is 0.735. The van der Waals surface area contributed by atoms with Crippen molar-refractivity contribution in [2.45, 2.75) is 63.8 Å². The molecule has 0 aliphatic heterocycles. The molecule has 1 N–H and O–H groups in total. The number of hydrogen-bond acceptors (Lipinski definition) is 1. The van der Waals surface area contributed by atoms with Crippen molar-refractivity contribution >= 4 is 6.03 Å². The number of nitrogens with zero attached hydrogens (tertiary/aromatic N) is 1. The van der Waals surface area contributed by atoms with Gasteiger partial charge in [-0.25, -0.2) is 4.79 Å². The summed E-state index contributed by atoms with van der Waals surface area (Å²) < 4.78 is 0. The first-order valence-electron chi connectivity index (χ1n) is 7.28. The zero-order valence-electron chi connectivity index (χ0n) is 11.1. The van der Waals surface area contributed by atoms with Crippen molar-refractivity contribution in [2.24, 2.45) is 5.92 Å². The van der Waals surface area contributed by atoms with Gasteiger partial charge in [-0.1, -0.05) is 32.1 Å². The van der Waals surface area contributed by atoms with Crippen molar-refractivity contribution in [3.63, 3.8) is 0 Å². The van der Waals surface area contributed by atoms with Crippen molar-refractivity contribution in [1.29, 1.82) is 0 Å². The predicted molar refractivity (Wildman–Crippen MR) is 70.0 cm³/mol. The van der Waals surface area contributed by atoms with Crippen LogP contribution in [0.4, 0.5) is 4.79 Å². The fourth-order valence-corrected chi connectivity index (χ4v) is 3.20. The number of urea groups is 1. The lowest BCUT2D eigenvalue weighted by molar-refractivity contribution is 0.172. The molecule has 3 heteroatoms. The Morgan fingerprint density at radius 3 is 2.29 bits per heavy atom. The average molecular weight is 238 g/mol. The Hall–Kier alpha value is -0.730. The molecule has 2 aliphatic carbocycles. The normalized spacial score (nSPS) is 22.6. The van der Waals surface area contributed by atoms with Gasteiger partial charge in [0.15, 0.2) is 0 Å². The van der Waals surface area contributed by atoms with Crippen molar-refractivity contribution in [3.8, 4) is 0 Å². The molecule has 2 rings (SSSR count). The molecule has 2 amide bonds. The van der Waals surface area contributed by atoms with Crippen molar-refractivity contribution in [2.75, 3.05) is 13.6 Å². The molecule has 2 aliphatic rings. The Morgan fingerprint density at radius 1 is 1.06 bits per heavy atom. The maximum atomic E-state index is 12.0. The van der Waals surface area contributed by atoms with Crippen LogP contribution in [0.5, 0.6) is 0 Å². The second kappa shape index (κ2) is 6.27. The monoisotopic (exact) mass is 238 g/mol. The molecule has 0 spiro atoms. The van der Waals surface area contributed by atoms with Gasteiger partial charge in [0.05, 0.1) is 0 Å². The third kappa shape index (κ3) is 3.62. The van der Waals surface area contributed by atoms with Crippen LogP contribution >= 0.6 is 0 Å². The molecule has 0 unspecified atom stereocenters. The van der Waals surface area contributed by atoms with Gasteiger partial charge in [0.25, 0.3) is 0 Å². The maximum Gasteiger partial charge on any atom is 0.317 e. The minimum atomic E-state index is 0.142. The van der Waals surface area contributed by atoms with E-state index in [0.717, 1.165) is 12.5 Å². The minimum Gasteiger partial charge on any atom is -0.338 e. The highest BCUT2D eigenvalue weighted by Crippen LogP contribution is 2.24. The quantitative estimate of drug-likeness (QED) is 0.805. The van der Waals surface area contributed by atoms with Crippen LogP contribution in [-0.2, 0) is 0 Å². The van der Waals surface area contributed by atoms with Crippen molar-refractivity contribution in [3.05, 3.63) is 0 Å². The fraction of sp³-hybridized carbons (Fsp3) is 0.929. The van der Waals surface area contributed by atoms with Gasteiger partial charge in [0.1, 0.15) is 0 Å². The minimum absolute atomic E-state index is 0.142. The van der Waals surface area contributed by atoms with E-state index in [-0.39, 0.29) is 6.03 Å². The van der Waals surface area contributed by atoms with E-state index in [1.54, 1.807) is 0 Å². The van der Waals surface area contributed by atoms with E-state index in [1.165, 1.54) is 57.8 Å². The fourth-order valence-electron chi connectivity index (χ4n) is 3.20. The number of carbonyl (C=O) groups excluding carboxylic acids is 1. The van der Waals surface area contributed by atoms with E-state index < -0.39 is 0 Å². The van der Waals surface area contributed by atoms with Gasteiger partial charge in [-0.3, -0.25) is 0 Å². The summed E-state index contributed by atoms with van der Waals surface area (Å²) >= 11 is 0. The molecule has 0 bridgehead atoms. The highest BCUT2D eigenvalue weighted by atomic mass is 16.2. The van der Waals surface area contributed by atoms with Gasteiger partial charge >= 0.3 is 6.03 Å². The molecule has 2 saturated carbocycles. The number of carbonyl (C=O) groups is 1. The molecule has 0 heterocycles. The zero-order valence-corrected chi connectivity index (χ0v) is 11.1. The molecule has 0 aromatic rings. The number of hydrogen-bond donors (Lipinski definition) is 1. The molecule has 0 saturated heterocycles. The van der Waals surface area contributed by atoms with E-state index in [2.05, 4.69) is 5.32 Å². The largest absolute Gasteiger partial charge is 0.338 e. The summed E-state index contributed by atoms with van der Waals surface area (Å²) in [6.45, 7) is 0.885. The van der Waals surface area contributed by atoms with Gasteiger partial charge in [0, 0.05) is 19.6 Å². The lowest BCUT2D eigenvalue weighted by atomic mass is 9.95. The summed E-state index contributed by atoms with van der Waals surface area (Å²) in [6, 6.07) is 0.621. The summed E-state index contributed by atoms with van der Waals surface area (Å²) in [4.78, 5) is 14.0. The van der Waals surface area contributed by atoms with Crippen molar-refractivity contribution in [1.82, 2.24) is 10.2 Å². The maximum absolute atomic E-state index is 12.0. The SMILES string of the molecule is CN(C(=O)NCC1CCCC1)C1CCCCC1. The average Bonchev–Trinajstić information content (AvgIpc) is 2.89. The number of nitrogens with one attached hydrogen (secondary N) is 1. The van der Waals surface area contributed by atoms with Gasteiger partial charge in [0.2, 0.25) is 0 Å². The Labute approximate surface area is 105 Å². The Balaban J connectivity index is 1.70. The van der Waals surface area contributed by atoms with Crippen LogP contribution in [0.3, 0.4) is 0 Å². The molecule has 0 aromatic heterocycles. The molecular formula is C14H26N2O. The Bertz CT molecular complexity index is 243. The van der Waals surface area contributed by atoms with Gasteiger partial charge in [-0.15, -0.1) is 0 Å². The third-order valence-electron chi connectivity index (χ3n) is 4.46. The third-order valence-corrected chi connectivity index (χ3v) is 4.46. The molecule has 0 aromatic carbocycles. The lowest BCUT2D eigenvalue weighted by Crippen LogP contribution is -2.45. The van der Waals surface area contributed by atoms with E-state index >= 15 is 0 Å². The Kier molecular flexibility index (Phi) is 4.69. The van der Waals surface area contributed by atoms with Gasteiger partial charge < -0.3 is 10.2 Å². The molecule has 17 heavy (non-hydrogen) atoms. The zero-order chi connectivity index (χ0) is 12.1. The molecule has 98 valence electrons. The molecule has 0 atom stereocenters. The topological polar surface area (TPSA) is 32.3 Å². The summed E-state index contributed by atoms with van der Waals surface area (Å²) in [7, 11) is 1.96. The standard InChI is InChI=1S/C14H26N2O/c1-16(13-9-3-2-4-10-13)14(17)15-11-12-7-5-6-8-12/h12-13H,2-11H2,1H3,(H,15,17). The second-order valence-electron chi connectivity index (χ2n) is 5.74. The summed E-state index contributed by atoms with van der Waals surface area (Å²) in [6.07, 6.45) is 11.6. The number of rotatable bonds is 3. The van der Waals surface area contributed by atoms with Crippen LogP contribution in [-0.4, -0.2) is 30.6 Å². The van der Waals surface area contributed by atoms with E-state index in [4.69, 9.17) is 0 Å². The van der Waals surface area contributed by atoms with Crippen molar-refractivity contribution < 1.29 is 4.79 Å². The van der Waals surface area contributed by atoms with Crippen LogP contribution in [0.15, 0.2) is 0 Å². The van der Waals surface area contributed by atoms with E-state index in [1.807, 2.05) is 11.9 Å². The van der Waals surface area contributed by atoms with Crippen LogP contribution in [0, 0.1) is 5.92 Å². The van der Waals surface area contributed by atoms with Crippen LogP contribution in [0.2, 0.25) is 0 Å². The lowest BCUT2D eigenvalue weighted by Gasteiger charge is -2.31. The first kappa shape index (κ1) is 12.7. The van der Waals surface area contributed by atoms with Crippen LogP contribution in [0.25, 0.3) is 0 Å². The first-order valence-corrected chi connectivity index (χ1v) is 7.28. The smallest absolute Gasteiger partial charge is 0.317 e. The van der Waals surface area contributed by atoms with Gasteiger partial charge in [-0.05, 0) is 31.6 Å². The van der Waals surface area contributed by atoms with E-state index in [0.29, 0.717) is 6.04 Å². The number of amides is 2. The molecule has 0 radical (unpaired) electrons. The highest BCUT2D eigenvalue weighted by Gasteiger charge is 2.23. The van der Waals surface area contributed by atoms with Crippen LogP contribution < -0.4 is 5.32 Å². The van der Waals surface area contributed by atoms with E-state index in [9.17, 15) is 4.79 Å². The Morgan fingerprint density at radius 2 is 1.65 bits per heavy atom. The summed E-state index contributed by atoms with van der Waals surface area (Å²) in [5, 5.41) is 3.11. The summed E-state index contributed by atoms with van der Waals surface area (Å²) in [5.41, 5.74) is 0. The predicted octanol–water partition coefficient (Wildman–Crippen LogP) is 3.15. The molecule has 2 fully saturated rings. The van der Waals surface area contributed by atoms with Gasteiger partial charge in [-0.2, -0.15) is 0 Å². The highest BCUT2D eigenvalue weighted by molar-refractivity contribution is 5.74. The molecule has 3 nitrogen and oxygen atoms in total. The second-order valence-corrected chi connectivity index (χ2v) is 5.74.